The number of rotatable bonds is 4. The molecule has 6 heteroatoms. The zero-order valence-corrected chi connectivity index (χ0v) is 14.9. The minimum atomic E-state index is -3.46. The quantitative estimate of drug-likeness (QED) is 0.883. The fourth-order valence-corrected chi connectivity index (χ4v) is 3.66. The summed E-state index contributed by atoms with van der Waals surface area (Å²) in [5.41, 5.74) is 2.81. The van der Waals surface area contributed by atoms with Crippen LogP contribution >= 0.6 is 23.2 Å². The summed E-state index contributed by atoms with van der Waals surface area (Å²) in [7, 11) is -2.07. The van der Waals surface area contributed by atoms with Crippen molar-refractivity contribution in [2.24, 2.45) is 0 Å². The molecule has 0 saturated heterocycles. The van der Waals surface area contributed by atoms with Crippen LogP contribution in [-0.2, 0) is 10.0 Å². The molecular formula is C16H17Cl2NO2S. The standard InChI is InChI=1S/C16H17Cl2NO2S/c1-10(15-8-13(17)9-16(18)11(15)2)12-5-4-6-14(7-12)22(20,21)19-3/h4-10,19H,1-3H3. The third-order valence-electron chi connectivity index (χ3n) is 3.75. The van der Waals surface area contributed by atoms with Crippen LogP contribution in [-0.4, -0.2) is 15.5 Å². The SMILES string of the molecule is CNS(=O)(=O)c1cccc(C(C)c2cc(Cl)cc(Cl)c2C)c1. The molecule has 1 atom stereocenters. The Labute approximate surface area is 141 Å². The first-order valence-corrected chi connectivity index (χ1v) is 8.99. The zero-order chi connectivity index (χ0) is 16.5. The van der Waals surface area contributed by atoms with E-state index >= 15 is 0 Å². The van der Waals surface area contributed by atoms with Crippen molar-refractivity contribution in [3.05, 3.63) is 63.1 Å². The van der Waals surface area contributed by atoms with Gasteiger partial charge in [0, 0.05) is 16.0 Å². The van der Waals surface area contributed by atoms with E-state index in [1.165, 1.54) is 7.05 Å². The van der Waals surface area contributed by atoms with E-state index in [1.54, 1.807) is 24.3 Å². The molecule has 0 aliphatic heterocycles. The van der Waals surface area contributed by atoms with Crippen LogP contribution in [0.1, 0.15) is 29.5 Å². The third-order valence-corrected chi connectivity index (χ3v) is 5.78. The van der Waals surface area contributed by atoms with Crippen molar-refractivity contribution in [2.45, 2.75) is 24.7 Å². The fraction of sp³-hybridized carbons (Fsp3) is 0.250. The Morgan fingerprint density at radius 3 is 2.45 bits per heavy atom. The van der Waals surface area contributed by atoms with Gasteiger partial charge in [-0.3, -0.25) is 0 Å². The summed E-state index contributed by atoms with van der Waals surface area (Å²) in [6.45, 7) is 3.93. The smallest absolute Gasteiger partial charge is 0.214 e. The molecule has 0 bridgehead atoms. The Bertz CT molecular complexity index is 804. The Kier molecular flexibility index (Phi) is 5.17. The van der Waals surface area contributed by atoms with Gasteiger partial charge in [0.25, 0.3) is 0 Å². The van der Waals surface area contributed by atoms with Crippen LogP contribution in [0.2, 0.25) is 10.0 Å². The average molecular weight is 358 g/mol. The molecule has 0 aromatic heterocycles. The topological polar surface area (TPSA) is 46.2 Å². The average Bonchev–Trinajstić information content (AvgIpc) is 2.50. The van der Waals surface area contributed by atoms with Crippen molar-refractivity contribution in [2.75, 3.05) is 7.05 Å². The van der Waals surface area contributed by atoms with E-state index in [1.807, 2.05) is 26.0 Å². The lowest BCUT2D eigenvalue weighted by molar-refractivity contribution is 0.588. The first-order valence-electron chi connectivity index (χ1n) is 6.75. The molecule has 0 radical (unpaired) electrons. The van der Waals surface area contributed by atoms with Gasteiger partial charge in [-0.1, -0.05) is 42.3 Å². The number of halogens is 2. The van der Waals surface area contributed by atoms with Gasteiger partial charge in [-0.05, 0) is 54.9 Å². The van der Waals surface area contributed by atoms with Crippen molar-refractivity contribution in [3.63, 3.8) is 0 Å². The molecule has 2 aromatic carbocycles. The minimum absolute atomic E-state index is 0.0248. The van der Waals surface area contributed by atoms with E-state index in [0.717, 1.165) is 16.7 Å². The molecule has 118 valence electrons. The van der Waals surface area contributed by atoms with Gasteiger partial charge in [-0.2, -0.15) is 0 Å². The summed E-state index contributed by atoms with van der Waals surface area (Å²) >= 11 is 12.3. The van der Waals surface area contributed by atoms with Gasteiger partial charge in [-0.15, -0.1) is 0 Å². The molecule has 22 heavy (non-hydrogen) atoms. The van der Waals surface area contributed by atoms with E-state index in [9.17, 15) is 8.42 Å². The van der Waals surface area contributed by atoms with Crippen LogP contribution in [0.3, 0.4) is 0 Å². The molecule has 2 aromatic rings. The van der Waals surface area contributed by atoms with Crippen molar-refractivity contribution in [1.82, 2.24) is 4.72 Å². The fourth-order valence-electron chi connectivity index (χ4n) is 2.36. The first kappa shape index (κ1) is 17.3. The number of hydrogen-bond acceptors (Lipinski definition) is 2. The molecule has 1 unspecified atom stereocenters. The van der Waals surface area contributed by atoms with E-state index in [2.05, 4.69) is 4.72 Å². The Balaban J connectivity index is 2.51. The first-order chi connectivity index (χ1) is 10.3. The van der Waals surface area contributed by atoms with Crippen molar-refractivity contribution in [1.29, 1.82) is 0 Å². The van der Waals surface area contributed by atoms with Crippen LogP contribution in [0.4, 0.5) is 0 Å². The Hall–Kier alpha value is -1.07. The summed E-state index contributed by atoms with van der Waals surface area (Å²) in [4.78, 5) is 0.241. The van der Waals surface area contributed by atoms with Crippen LogP contribution in [0, 0.1) is 6.92 Å². The second-order valence-corrected chi connectivity index (χ2v) is 7.83. The number of nitrogens with one attached hydrogen (secondary N) is 1. The van der Waals surface area contributed by atoms with Crippen LogP contribution in [0.5, 0.6) is 0 Å². The van der Waals surface area contributed by atoms with E-state index < -0.39 is 10.0 Å². The molecule has 0 aliphatic carbocycles. The van der Waals surface area contributed by atoms with Crippen LogP contribution < -0.4 is 4.72 Å². The highest BCUT2D eigenvalue weighted by atomic mass is 35.5. The molecule has 2 rings (SSSR count). The Morgan fingerprint density at radius 1 is 1.14 bits per heavy atom. The van der Waals surface area contributed by atoms with Gasteiger partial charge in [0.1, 0.15) is 0 Å². The molecule has 3 nitrogen and oxygen atoms in total. The molecule has 1 N–H and O–H groups in total. The normalized spacial score (nSPS) is 13.1. The molecule has 0 saturated carbocycles. The molecular weight excluding hydrogens is 341 g/mol. The second kappa shape index (κ2) is 6.59. The Morgan fingerprint density at radius 2 is 1.82 bits per heavy atom. The monoisotopic (exact) mass is 357 g/mol. The van der Waals surface area contributed by atoms with Gasteiger partial charge in [0.2, 0.25) is 10.0 Å². The second-order valence-electron chi connectivity index (χ2n) is 5.10. The zero-order valence-electron chi connectivity index (χ0n) is 12.5. The van der Waals surface area contributed by atoms with E-state index in [-0.39, 0.29) is 10.8 Å². The maximum atomic E-state index is 11.9. The van der Waals surface area contributed by atoms with Crippen molar-refractivity contribution in [3.8, 4) is 0 Å². The molecule has 0 spiro atoms. The predicted octanol–water partition coefficient (Wildman–Crippen LogP) is 4.36. The van der Waals surface area contributed by atoms with Crippen molar-refractivity contribution >= 4 is 33.2 Å². The minimum Gasteiger partial charge on any atom is -0.214 e. The van der Waals surface area contributed by atoms with Gasteiger partial charge in [-0.25, -0.2) is 13.1 Å². The molecule has 0 aliphatic rings. The summed E-state index contributed by atoms with van der Waals surface area (Å²) in [5.74, 6) is -0.0248. The largest absolute Gasteiger partial charge is 0.240 e. The lowest BCUT2D eigenvalue weighted by Gasteiger charge is -2.17. The lowest BCUT2D eigenvalue weighted by Crippen LogP contribution is -2.18. The number of benzene rings is 2. The van der Waals surface area contributed by atoms with Crippen molar-refractivity contribution < 1.29 is 8.42 Å². The number of sulfonamides is 1. The predicted molar refractivity (Wildman–Crippen MR) is 91.4 cm³/mol. The summed E-state index contributed by atoms with van der Waals surface area (Å²) < 4.78 is 26.2. The maximum Gasteiger partial charge on any atom is 0.240 e. The van der Waals surface area contributed by atoms with Crippen LogP contribution in [0.25, 0.3) is 0 Å². The molecule has 0 heterocycles. The lowest BCUT2D eigenvalue weighted by atomic mass is 9.90. The van der Waals surface area contributed by atoms with E-state index in [4.69, 9.17) is 23.2 Å². The maximum absolute atomic E-state index is 11.9. The van der Waals surface area contributed by atoms with E-state index in [0.29, 0.717) is 10.0 Å². The molecule has 0 fully saturated rings. The highest BCUT2D eigenvalue weighted by Crippen LogP contribution is 2.33. The van der Waals surface area contributed by atoms with Gasteiger partial charge in [0.15, 0.2) is 0 Å². The number of hydrogen-bond donors (Lipinski definition) is 1. The highest BCUT2D eigenvalue weighted by Gasteiger charge is 2.17. The van der Waals surface area contributed by atoms with Gasteiger partial charge >= 0.3 is 0 Å². The summed E-state index contributed by atoms with van der Waals surface area (Å²) in [5, 5.41) is 1.17. The summed E-state index contributed by atoms with van der Waals surface area (Å²) in [6, 6.07) is 10.4. The summed E-state index contributed by atoms with van der Waals surface area (Å²) in [6.07, 6.45) is 0. The highest BCUT2D eigenvalue weighted by molar-refractivity contribution is 7.89. The van der Waals surface area contributed by atoms with Crippen LogP contribution in [0.15, 0.2) is 41.3 Å². The van der Waals surface area contributed by atoms with Gasteiger partial charge in [0.05, 0.1) is 4.90 Å². The molecule has 0 amide bonds. The third kappa shape index (κ3) is 3.46. The van der Waals surface area contributed by atoms with Gasteiger partial charge < -0.3 is 0 Å².